The number of rotatable bonds is 1. The number of hydrogen-bond acceptors (Lipinski definition) is 1. The molecule has 1 nitrogen and oxygen atoms in total. The van der Waals surface area contributed by atoms with Gasteiger partial charge in [-0.2, -0.15) is 0 Å². The van der Waals surface area contributed by atoms with Crippen LogP contribution in [0.5, 0.6) is 0 Å². The smallest absolute Gasteiger partial charge is 0.0213 e. The molecule has 3 unspecified atom stereocenters. The molecule has 0 aliphatic carbocycles. The number of hydrogen-bond donors (Lipinski definition) is 1. The van der Waals surface area contributed by atoms with Gasteiger partial charge in [0.15, 0.2) is 0 Å². The van der Waals surface area contributed by atoms with E-state index in [1.165, 1.54) is 12.2 Å². The summed E-state index contributed by atoms with van der Waals surface area (Å²) in [6, 6.07) is 0. The van der Waals surface area contributed by atoms with Gasteiger partial charge in [-0.25, -0.2) is 0 Å². The minimum absolute atomic E-state index is 0.286. The second-order valence-electron chi connectivity index (χ2n) is 2.17. The Balaban J connectivity index is 2.62. The summed E-state index contributed by atoms with van der Waals surface area (Å²) >= 11 is 0. The van der Waals surface area contributed by atoms with E-state index in [0.29, 0.717) is 14.8 Å². The van der Waals surface area contributed by atoms with Gasteiger partial charge in [0.1, 0.15) is 0 Å². The zero-order valence-electron chi connectivity index (χ0n) is 5.51. The van der Waals surface area contributed by atoms with E-state index in [9.17, 15) is 0 Å². The molecule has 1 rings (SSSR count). The molecular formula is C6H13NS2. The van der Waals surface area contributed by atoms with E-state index in [2.05, 4.69) is 11.7 Å². The fourth-order valence-corrected chi connectivity index (χ4v) is 5.42. The van der Waals surface area contributed by atoms with Crippen LogP contribution in [0.3, 0.4) is 0 Å². The highest BCUT2D eigenvalue weighted by atomic mass is 33.1. The molecule has 1 fully saturated rings. The summed E-state index contributed by atoms with van der Waals surface area (Å²) in [5.41, 5.74) is 5.53. The van der Waals surface area contributed by atoms with E-state index in [1.807, 2.05) is 0 Å². The van der Waals surface area contributed by atoms with Gasteiger partial charge in [-0.1, -0.05) is 11.7 Å². The van der Waals surface area contributed by atoms with E-state index in [0.717, 1.165) is 6.54 Å². The molecule has 0 saturated carbocycles. The topological polar surface area (TPSA) is 26.0 Å². The van der Waals surface area contributed by atoms with E-state index in [4.69, 9.17) is 5.73 Å². The van der Waals surface area contributed by atoms with Gasteiger partial charge in [-0.3, -0.25) is 0 Å². The van der Waals surface area contributed by atoms with Crippen molar-refractivity contribution in [2.24, 2.45) is 5.73 Å². The van der Waals surface area contributed by atoms with Crippen molar-refractivity contribution < 1.29 is 0 Å². The summed E-state index contributed by atoms with van der Waals surface area (Å²) in [6.07, 6.45) is 1.26. The van der Waals surface area contributed by atoms with Crippen molar-refractivity contribution in [1.82, 2.24) is 0 Å². The van der Waals surface area contributed by atoms with Crippen LogP contribution in [0.2, 0.25) is 0 Å². The molecular weight excluding hydrogens is 150 g/mol. The summed E-state index contributed by atoms with van der Waals surface area (Å²) in [4.78, 5) is 0. The first-order valence-electron chi connectivity index (χ1n) is 2.99. The monoisotopic (exact) mass is 163 g/mol. The molecule has 0 aromatic carbocycles. The maximum atomic E-state index is 5.53. The standard InChI is InChI=1S/C6H13NS2/c1-8-4-3-6(5-7)9(8)2/h6H,1-5,7H2. The van der Waals surface area contributed by atoms with Gasteiger partial charge in [-0.15, -0.1) is 19.0 Å². The van der Waals surface area contributed by atoms with Gasteiger partial charge in [0.05, 0.1) is 0 Å². The van der Waals surface area contributed by atoms with E-state index in [-0.39, 0.29) is 9.52 Å². The maximum absolute atomic E-state index is 5.53. The largest absolute Gasteiger partial charge is 0.329 e. The van der Waals surface area contributed by atoms with E-state index in [1.54, 1.807) is 0 Å². The molecule has 3 heteroatoms. The Morgan fingerprint density at radius 1 is 1.56 bits per heavy atom. The quantitative estimate of drug-likeness (QED) is 0.453. The zero-order chi connectivity index (χ0) is 6.85. The van der Waals surface area contributed by atoms with E-state index >= 15 is 0 Å². The molecule has 0 aromatic heterocycles. The van der Waals surface area contributed by atoms with Gasteiger partial charge < -0.3 is 5.73 Å². The molecule has 3 atom stereocenters. The molecule has 0 spiro atoms. The molecule has 1 aliphatic heterocycles. The van der Waals surface area contributed by atoms with Crippen LogP contribution in [0.15, 0.2) is 0 Å². The molecule has 0 radical (unpaired) electrons. The highest BCUT2D eigenvalue weighted by Gasteiger charge is 2.18. The summed E-state index contributed by atoms with van der Waals surface area (Å²) in [6.45, 7) is 0.811. The van der Waals surface area contributed by atoms with Gasteiger partial charge in [0.2, 0.25) is 0 Å². The van der Waals surface area contributed by atoms with Crippen LogP contribution in [-0.4, -0.2) is 29.3 Å². The Bertz CT molecular complexity index is 153. The normalized spacial score (nSPS) is 43.4. The first kappa shape index (κ1) is 7.51. The molecule has 1 heterocycles. The van der Waals surface area contributed by atoms with Gasteiger partial charge in [0.25, 0.3) is 0 Å². The molecule has 1 saturated heterocycles. The van der Waals surface area contributed by atoms with Crippen molar-refractivity contribution in [2.45, 2.75) is 11.7 Å². The molecule has 0 amide bonds. The molecule has 0 aromatic rings. The second-order valence-corrected chi connectivity index (χ2v) is 7.59. The molecule has 2 N–H and O–H groups in total. The van der Waals surface area contributed by atoms with Crippen molar-refractivity contribution in [2.75, 3.05) is 12.3 Å². The first-order valence-corrected chi connectivity index (χ1v) is 6.53. The number of nitrogens with two attached hydrogens (primary N) is 1. The highest BCUT2D eigenvalue weighted by molar-refractivity contribution is 8.89. The fraction of sp³-hybridized carbons (Fsp3) is 0.667. The molecule has 54 valence electrons. The van der Waals surface area contributed by atoms with Crippen LogP contribution in [-0.2, 0) is 0 Å². The van der Waals surface area contributed by atoms with Gasteiger partial charge >= 0.3 is 0 Å². The average Bonchev–Trinajstić information content (AvgIpc) is 2.15. The van der Waals surface area contributed by atoms with Crippen molar-refractivity contribution in [1.29, 1.82) is 0 Å². The Kier molecular flexibility index (Phi) is 2.50. The lowest BCUT2D eigenvalue weighted by Crippen LogP contribution is -2.14. The minimum atomic E-state index is 0.286. The lowest BCUT2D eigenvalue weighted by atomic mass is 10.3. The maximum Gasteiger partial charge on any atom is 0.0213 e. The highest BCUT2D eigenvalue weighted by Crippen LogP contribution is 2.47. The minimum Gasteiger partial charge on any atom is -0.329 e. The second kappa shape index (κ2) is 2.99. The van der Waals surface area contributed by atoms with Crippen LogP contribution < -0.4 is 5.73 Å². The molecule has 1 aliphatic rings. The van der Waals surface area contributed by atoms with Gasteiger partial charge in [-0.05, 0) is 12.2 Å². The summed E-state index contributed by atoms with van der Waals surface area (Å²) < 4.78 is 0. The average molecular weight is 163 g/mol. The fourth-order valence-electron chi connectivity index (χ4n) is 0.919. The summed E-state index contributed by atoms with van der Waals surface area (Å²) in [7, 11) is 0.625. The first-order chi connectivity index (χ1) is 4.25. The Hall–Kier alpha value is 0.400. The Labute approximate surface area is 60.9 Å². The third-order valence-corrected chi connectivity index (χ3v) is 7.21. The predicted octanol–water partition coefficient (Wildman–Crippen LogP) is 1.03. The van der Waals surface area contributed by atoms with Crippen molar-refractivity contribution in [3.8, 4) is 0 Å². The third kappa shape index (κ3) is 1.45. The summed E-state index contributed by atoms with van der Waals surface area (Å²) in [5, 5.41) is 0.686. The van der Waals surface area contributed by atoms with Crippen LogP contribution in [0, 0.1) is 0 Å². The third-order valence-electron chi connectivity index (χ3n) is 1.60. The Morgan fingerprint density at radius 2 is 2.22 bits per heavy atom. The lowest BCUT2D eigenvalue weighted by molar-refractivity contribution is 0.847. The SMILES string of the molecule is C=S1CCC(CN)S1=C. The summed E-state index contributed by atoms with van der Waals surface area (Å²) in [5.74, 6) is 9.37. The lowest BCUT2D eigenvalue weighted by Gasteiger charge is -2.07. The Morgan fingerprint density at radius 3 is 2.44 bits per heavy atom. The molecule has 9 heavy (non-hydrogen) atoms. The molecule has 0 bridgehead atoms. The van der Waals surface area contributed by atoms with Gasteiger partial charge in [0, 0.05) is 11.8 Å². The van der Waals surface area contributed by atoms with Crippen LogP contribution in [0.4, 0.5) is 0 Å². The van der Waals surface area contributed by atoms with Crippen LogP contribution in [0.25, 0.3) is 0 Å². The van der Waals surface area contributed by atoms with Crippen molar-refractivity contribution in [3.05, 3.63) is 0 Å². The van der Waals surface area contributed by atoms with Crippen molar-refractivity contribution in [3.63, 3.8) is 0 Å². The van der Waals surface area contributed by atoms with Crippen molar-refractivity contribution >= 4 is 30.8 Å². The van der Waals surface area contributed by atoms with Crippen LogP contribution in [0.1, 0.15) is 6.42 Å². The van der Waals surface area contributed by atoms with Crippen LogP contribution >= 0.6 is 19.0 Å². The zero-order valence-corrected chi connectivity index (χ0v) is 7.14. The predicted molar refractivity (Wildman–Crippen MR) is 51.8 cm³/mol. The van der Waals surface area contributed by atoms with E-state index < -0.39 is 0 Å².